The van der Waals surface area contributed by atoms with Crippen molar-refractivity contribution < 1.29 is 19.4 Å². The van der Waals surface area contributed by atoms with Crippen molar-refractivity contribution in [3.05, 3.63) is 29.3 Å². The van der Waals surface area contributed by atoms with E-state index in [0.717, 1.165) is 5.56 Å². The van der Waals surface area contributed by atoms with E-state index in [1.54, 1.807) is 18.2 Å². The van der Waals surface area contributed by atoms with Gasteiger partial charge in [-0.3, -0.25) is 9.59 Å². The van der Waals surface area contributed by atoms with E-state index in [0.29, 0.717) is 37.0 Å². The Balaban J connectivity index is 2.62. The highest BCUT2D eigenvalue weighted by Crippen LogP contribution is 2.17. The van der Waals surface area contributed by atoms with E-state index in [1.807, 2.05) is 0 Å². The minimum atomic E-state index is -0.669. The molecule has 0 aromatic heterocycles. The van der Waals surface area contributed by atoms with Gasteiger partial charge in [0.25, 0.3) is 0 Å². The molecule has 5 N–H and O–H groups in total. The molecule has 0 heterocycles. The number of hydrogen-bond donors (Lipinski definition) is 4. The van der Waals surface area contributed by atoms with Crippen LogP contribution in [0.4, 0.5) is 5.69 Å². The highest BCUT2D eigenvalue weighted by Gasteiger charge is 2.14. The van der Waals surface area contributed by atoms with Crippen molar-refractivity contribution in [3.63, 3.8) is 0 Å². The summed E-state index contributed by atoms with van der Waals surface area (Å²) in [6.07, 6.45) is 6.81. The van der Waals surface area contributed by atoms with E-state index in [9.17, 15) is 14.7 Å². The van der Waals surface area contributed by atoms with Gasteiger partial charge in [-0.15, -0.1) is 6.42 Å². The Morgan fingerprint density at radius 2 is 2.25 bits per heavy atom. The molecule has 130 valence electrons. The molecule has 0 aliphatic carbocycles. The molecule has 0 spiro atoms. The number of nitrogens with one attached hydrogen (secondary N) is 2. The zero-order chi connectivity index (χ0) is 17.8. The zero-order valence-corrected chi connectivity index (χ0v) is 13.5. The van der Waals surface area contributed by atoms with Crippen LogP contribution in [0.1, 0.15) is 24.0 Å². The minimum Gasteiger partial charge on any atom is -0.392 e. The molecule has 7 nitrogen and oxygen atoms in total. The van der Waals surface area contributed by atoms with Gasteiger partial charge >= 0.3 is 0 Å². The Hall–Kier alpha value is -2.40. The van der Waals surface area contributed by atoms with Crippen LogP contribution in [0, 0.1) is 12.3 Å². The Bertz CT molecular complexity index is 584. The highest BCUT2D eigenvalue weighted by molar-refractivity contribution is 5.94. The second-order valence-corrected chi connectivity index (χ2v) is 5.15. The Morgan fingerprint density at radius 1 is 1.46 bits per heavy atom. The number of carbonyl (C=O) groups excluding carboxylic acids is 2. The molecule has 0 radical (unpaired) electrons. The van der Waals surface area contributed by atoms with Crippen molar-refractivity contribution in [1.29, 1.82) is 0 Å². The van der Waals surface area contributed by atoms with Crippen LogP contribution in [-0.2, 0) is 27.5 Å². The summed E-state index contributed by atoms with van der Waals surface area (Å²) in [6, 6.07) is 4.45. The number of ether oxygens (including phenoxy) is 1. The van der Waals surface area contributed by atoms with E-state index >= 15 is 0 Å². The number of carbonyl (C=O) groups is 2. The van der Waals surface area contributed by atoms with Crippen molar-refractivity contribution in [3.8, 4) is 12.3 Å². The first kappa shape index (κ1) is 19.6. The largest absolute Gasteiger partial charge is 0.392 e. The van der Waals surface area contributed by atoms with Gasteiger partial charge < -0.3 is 26.2 Å². The number of hydrogen-bond acceptors (Lipinski definition) is 5. The molecule has 0 unspecified atom stereocenters. The molecule has 1 atom stereocenters. The lowest BCUT2D eigenvalue weighted by Crippen LogP contribution is -2.36. The molecule has 1 aromatic rings. The summed E-state index contributed by atoms with van der Waals surface area (Å²) in [6.45, 7) is 0.757. The standard InChI is InChI=1S/C17H23N3O4/c1-2-8-24-11-14-9-15(6-5-13(14)10-21)20-17(23)16(18)4-3-7-19-12-22/h1,5-6,9,12,16,21H,3-4,7-8,10-11,18H2,(H,19,22)(H,20,23)/t16-/m0/s1. The molecule has 0 saturated carbocycles. The second kappa shape index (κ2) is 11.2. The van der Waals surface area contributed by atoms with Crippen molar-refractivity contribution in [2.45, 2.75) is 32.1 Å². The first-order valence-corrected chi connectivity index (χ1v) is 7.59. The van der Waals surface area contributed by atoms with Gasteiger partial charge in [0.2, 0.25) is 12.3 Å². The lowest BCUT2D eigenvalue weighted by Gasteiger charge is -2.14. The van der Waals surface area contributed by atoms with Gasteiger partial charge in [0.05, 0.1) is 19.3 Å². The van der Waals surface area contributed by atoms with Crippen molar-refractivity contribution in [1.82, 2.24) is 5.32 Å². The third kappa shape index (κ3) is 6.79. The van der Waals surface area contributed by atoms with Crippen LogP contribution < -0.4 is 16.4 Å². The zero-order valence-electron chi connectivity index (χ0n) is 13.5. The van der Waals surface area contributed by atoms with Gasteiger partial charge in [0, 0.05) is 12.2 Å². The molecule has 24 heavy (non-hydrogen) atoms. The van der Waals surface area contributed by atoms with Gasteiger partial charge in [-0.25, -0.2) is 0 Å². The third-order valence-corrected chi connectivity index (χ3v) is 3.34. The smallest absolute Gasteiger partial charge is 0.241 e. The maximum absolute atomic E-state index is 12.1. The Morgan fingerprint density at radius 3 is 2.92 bits per heavy atom. The fourth-order valence-electron chi connectivity index (χ4n) is 2.06. The van der Waals surface area contributed by atoms with E-state index in [4.69, 9.17) is 16.9 Å². The monoisotopic (exact) mass is 333 g/mol. The normalized spacial score (nSPS) is 11.4. The number of aliphatic hydroxyl groups is 1. The highest BCUT2D eigenvalue weighted by atomic mass is 16.5. The molecule has 0 aliphatic rings. The van der Waals surface area contributed by atoms with Crippen molar-refractivity contribution in [2.24, 2.45) is 5.73 Å². The van der Waals surface area contributed by atoms with Crippen LogP contribution in [0.25, 0.3) is 0 Å². The van der Waals surface area contributed by atoms with Gasteiger partial charge in [0.1, 0.15) is 6.61 Å². The molecular weight excluding hydrogens is 310 g/mol. The molecule has 2 amide bonds. The fraction of sp³-hybridized carbons (Fsp3) is 0.412. The molecule has 0 fully saturated rings. The molecular formula is C17H23N3O4. The molecule has 0 bridgehead atoms. The summed E-state index contributed by atoms with van der Waals surface area (Å²) in [5.41, 5.74) is 7.84. The van der Waals surface area contributed by atoms with Crippen LogP contribution in [0.15, 0.2) is 18.2 Å². The molecule has 0 aliphatic heterocycles. The van der Waals surface area contributed by atoms with Gasteiger partial charge in [0.15, 0.2) is 0 Å². The molecule has 0 saturated heterocycles. The van der Waals surface area contributed by atoms with E-state index < -0.39 is 6.04 Å². The molecule has 1 aromatic carbocycles. The van der Waals surface area contributed by atoms with Crippen molar-refractivity contribution in [2.75, 3.05) is 18.5 Å². The quantitative estimate of drug-likeness (QED) is 0.261. The topological polar surface area (TPSA) is 114 Å². The minimum absolute atomic E-state index is 0.133. The predicted molar refractivity (Wildman–Crippen MR) is 90.8 cm³/mol. The van der Waals surface area contributed by atoms with Crippen LogP contribution in [0.5, 0.6) is 0 Å². The van der Waals surface area contributed by atoms with Gasteiger partial charge in [-0.2, -0.15) is 0 Å². The maximum atomic E-state index is 12.1. The predicted octanol–water partition coefficient (Wildman–Crippen LogP) is 0.121. The lowest BCUT2D eigenvalue weighted by atomic mass is 10.1. The van der Waals surface area contributed by atoms with Gasteiger partial charge in [-0.05, 0) is 36.1 Å². The summed E-state index contributed by atoms with van der Waals surface area (Å²) in [4.78, 5) is 22.2. The average molecular weight is 333 g/mol. The number of benzene rings is 1. The summed E-state index contributed by atoms with van der Waals surface area (Å²) >= 11 is 0. The third-order valence-electron chi connectivity index (χ3n) is 3.34. The Kier molecular flexibility index (Phi) is 9.16. The fourth-order valence-corrected chi connectivity index (χ4v) is 2.06. The summed E-state index contributed by atoms with van der Waals surface area (Å²) in [5, 5.41) is 14.6. The maximum Gasteiger partial charge on any atom is 0.241 e. The Labute approximate surface area is 141 Å². The SMILES string of the molecule is C#CCOCc1cc(NC(=O)[C@@H](N)CCCNC=O)ccc1CO. The van der Waals surface area contributed by atoms with E-state index in [-0.39, 0.29) is 25.7 Å². The summed E-state index contributed by atoms with van der Waals surface area (Å²) in [5.74, 6) is 2.06. The first-order chi connectivity index (χ1) is 11.6. The first-order valence-electron chi connectivity index (χ1n) is 7.59. The van der Waals surface area contributed by atoms with Crippen LogP contribution in [0.3, 0.4) is 0 Å². The van der Waals surface area contributed by atoms with Crippen LogP contribution >= 0.6 is 0 Å². The van der Waals surface area contributed by atoms with E-state index in [1.165, 1.54) is 0 Å². The summed E-state index contributed by atoms with van der Waals surface area (Å²) in [7, 11) is 0. The number of anilines is 1. The molecule has 7 heteroatoms. The second-order valence-electron chi connectivity index (χ2n) is 5.15. The van der Waals surface area contributed by atoms with E-state index in [2.05, 4.69) is 16.6 Å². The van der Waals surface area contributed by atoms with Gasteiger partial charge in [-0.1, -0.05) is 12.0 Å². The average Bonchev–Trinajstić information content (AvgIpc) is 2.59. The molecule has 1 rings (SSSR count). The number of rotatable bonds is 11. The number of aliphatic hydroxyl groups excluding tert-OH is 1. The van der Waals surface area contributed by atoms with Crippen LogP contribution in [-0.4, -0.2) is 36.6 Å². The lowest BCUT2D eigenvalue weighted by molar-refractivity contribution is -0.117. The summed E-state index contributed by atoms with van der Waals surface area (Å²) < 4.78 is 5.27. The number of amides is 2. The number of terminal acetylenes is 1. The van der Waals surface area contributed by atoms with Crippen LogP contribution in [0.2, 0.25) is 0 Å². The number of nitrogens with two attached hydrogens (primary N) is 1. The van der Waals surface area contributed by atoms with Crippen molar-refractivity contribution >= 4 is 18.0 Å².